The maximum absolute atomic E-state index is 13.4. The lowest BCUT2D eigenvalue weighted by molar-refractivity contribution is 0.583. The van der Waals surface area contributed by atoms with Gasteiger partial charge in [-0.3, -0.25) is 0 Å². The van der Waals surface area contributed by atoms with Gasteiger partial charge in [0.25, 0.3) is 0 Å². The van der Waals surface area contributed by atoms with Gasteiger partial charge in [-0.25, -0.2) is 4.39 Å². The molecule has 1 aromatic carbocycles. The molecule has 1 nitrogen and oxygen atoms in total. The van der Waals surface area contributed by atoms with Crippen molar-refractivity contribution in [1.29, 1.82) is 0 Å². The number of hydrogen-bond acceptors (Lipinski definition) is 1. The molecule has 0 aliphatic carbocycles. The van der Waals surface area contributed by atoms with Crippen LogP contribution >= 0.6 is 0 Å². The number of aryl methyl sites for hydroxylation is 2. The third-order valence-electron chi connectivity index (χ3n) is 2.14. The highest BCUT2D eigenvalue weighted by Crippen LogP contribution is 2.13. The molecule has 0 aliphatic rings. The average molecular weight is 181 g/mol. The van der Waals surface area contributed by atoms with E-state index in [2.05, 4.69) is 0 Å². The van der Waals surface area contributed by atoms with E-state index in [1.54, 1.807) is 13.0 Å². The van der Waals surface area contributed by atoms with Crippen LogP contribution in [0.15, 0.2) is 18.2 Å². The van der Waals surface area contributed by atoms with Gasteiger partial charge in [0.05, 0.1) is 0 Å². The highest BCUT2D eigenvalue weighted by atomic mass is 19.1. The lowest BCUT2D eigenvalue weighted by Crippen LogP contribution is -2.15. The first-order valence-electron chi connectivity index (χ1n) is 4.61. The van der Waals surface area contributed by atoms with Crippen molar-refractivity contribution in [2.75, 3.05) is 0 Å². The minimum Gasteiger partial charge on any atom is -0.328 e. The van der Waals surface area contributed by atoms with Gasteiger partial charge in [0.15, 0.2) is 0 Å². The molecule has 0 radical (unpaired) electrons. The summed E-state index contributed by atoms with van der Waals surface area (Å²) in [5.41, 5.74) is 7.09. The van der Waals surface area contributed by atoms with Gasteiger partial charge in [-0.05, 0) is 37.8 Å². The molecule has 0 amide bonds. The van der Waals surface area contributed by atoms with Crippen LogP contribution in [-0.4, -0.2) is 6.04 Å². The Morgan fingerprint density at radius 2 is 2.15 bits per heavy atom. The summed E-state index contributed by atoms with van der Waals surface area (Å²) in [6.45, 7) is 3.72. The molecule has 0 saturated carbocycles. The number of rotatable bonds is 3. The van der Waals surface area contributed by atoms with Gasteiger partial charge < -0.3 is 5.73 Å². The molecule has 72 valence electrons. The molecule has 2 N–H and O–H groups in total. The fourth-order valence-corrected chi connectivity index (χ4v) is 1.28. The molecule has 1 rings (SSSR count). The Balaban J connectivity index is 2.71. The molecule has 0 saturated heterocycles. The maximum atomic E-state index is 13.4. The number of halogens is 1. The molecule has 0 aliphatic heterocycles. The van der Waals surface area contributed by atoms with Crippen LogP contribution in [0.3, 0.4) is 0 Å². The first-order valence-corrected chi connectivity index (χ1v) is 4.61. The Bertz CT molecular complexity index is 281. The molecule has 0 spiro atoms. The Hall–Kier alpha value is -0.890. The molecule has 0 aromatic heterocycles. The minimum atomic E-state index is -0.0804. The Kier molecular flexibility index (Phi) is 3.43. The number of hydrogen-bond donors (Lipinski definition) is 1. The van der Waals surface area contributed by atoms with Crippen LogP contribution in [-0.2, 0) is 6.42 Å². The topological polar surface area (TPSA) is 26.0 Å². The van der Waals surface area contributed by atoms with Gasteiger partial charge in [0, 0.05) is 6.04 Å². The predicted octanol–water partition coefficient (Wildman–Crippen LogP) is 2.41. The van der Waals surface area contributed by atoms with Crippen LogP contribution in [0.1, 0.15) is 24.5 Å². The lowest BCUT2D eigenvalue weighted by atomic mass is 10.0. The van der Waals surface area contributed by atoms with Gasteiger partial charge in [0.1, 0.15) is 5.82 Å². The van der Waals surface area contributed by atoms with Gasteiger partial charge in [0.2, 0.25) is 0 Å². The van der Waals surface area contributed by atoms with Gasteiger partial charge >= 0.3 is 0 Å². The summed E-state index contributed by atoms with van der Waals surface area (Å²) >= 11 is 0. The van der Waals surface area contributed by atoms with Crippen molar-refractivity contribution in [3.05, 3.63) is 35.1 Å². The van der Waals surface area contributed by atoms with Crippen molar-refractivity contribution in [3.63, 3.8) is 0 Å². The maximum Gasteiger partial charge on any atom is 0.129 e. The summed E-state index contributed by atoms with van der Waals surface area (Å²) in [5, 5.41) is 0. The van der Waals surface area contributed by atoms with Crippen LogP contribution in [0.25, 0.3) is 0 Å². The molecule has 13 heavy (non-hydrogen) atoms. The van der Waals surface area contributed by atoms with Crippen molar-refractivity contribution >= 4 is 0 Å². The molecule has 0 bridgehead atoms. The average Bonchev–Trinajstić information content (AvgIpc) is 2.07. The second-order valence-corrected chi connectivity index (χ2v) is 3.56. The Morgan fingerprint density at radius 1 is 1.46 bits per heavy atom. The molecular weight excluding hydrogens is 165 g/mol. The molecule has 1 atom stereocenters. The van der Waals surface area contributed by atoms with Crippen molar-refractivity contribution in [3.8, 4) is 0 Å². The predicted molar refractivity (Wildman–Crippen MR) is 53.1 cm³/mol. The molecule has 1 unspecified atom stereocenters. The van der Waals surface area contributed by atoms with E-state index < -0.39 is 0 Å². The molecule has 1 aromatic rings. The van der Waals surface area contributed by atoms with Crippen LogP contribution in [0.5, 0.6) is 0 Å². The fraction of sp³-hybridized carbons (Fsp3) is 0.455. The zero-order chi connectivity index (χ0) is 9.84. The summed E-state index contributed by atoms with van der Waals surface area (Å²) in [6.07, 6.45) is 1.56. The first kappa shape index (κ1) is 10.2. The second kappa shape index (κ2) is 4.38. The van der Waals surface area contributed by atoms with E-state index in [0.717, 1.165) is 18.4 Å². The van der Waals surface area contributed by atoms with Crippen LogP contribution in [0.2, 0.25) is 0 Å². The van der Waals surface area contributed by atoms with Crippen LogP contribution < -0.4 is 5.73 Å². The van der Waals surface area contributed by atoms with E-state index in [0.29, 0.717) is 5.56 Å². The van der Waals surface area contributed by atoms with Crippen molar-refractivity contribution in [2.24, 2.45) is 5.73 Å². The SMILES string of the molecule is Cc1cccc(CCC(C)N)c1F. The quantitative estimate of drug-likeness (QED) is 0.761. The van der Waals surface area contributed by atoms with Gasteiger partial charge in [-0.15, -0.1) is 0 Å². The van der Waals surface area contributed by atoms with Crippen molar-refractivity contribution in [2.45, 2.75) is 32.7 Å². The zero-order valence-electron chi connectivity index (χ0n) is 8.18. The summed E-state index contributed by atoms with van der Waals surface area (Å²) in [7, 11) is 0. The van der Waals surface area contributed by atoms with Crippen LogP contribution in [0.4, 0.5) is 4.39 Å². The van der Waals surface area contributed by atoms with E-state index >= 15 is 0 Å². The summed E-state index contributed by atoms with van der Waals surface area (Å²) < 4.78 is 13.4. The van der Waals surface area contributed by atoms with Crippen molar-refractivity contribution in [1.82, 2.24) is 0 Å². The van der Waals surface area contributed by atoms with Crippen molar-refractivity contribution < 1.29 is 4.39 Å². The summed E-state index contributed by atoms with van der Waals surface area (Å²) in [6, 6.07) is 5.63. The highest BCUT2D eigenvalue weighted by Gasteiger charge is 2.04. The Labute approximate surface area is 78.8 Å². The van der Waals surface area contributed by atoms with Gasteiger partial charge in [-0.2, -0.15) is 0 Å². The third kappa shape index (κ3) is 2.81. The van der Waals surface area contributed by atoms with Gasteiger partial charge in [-0.1, -0.05) is 18.2 Å². The highest BCUT2D eigenvalue weighted by molar-refractivity contribution is 5.24. The Morgan fingerprint density at radius 3 is 2.77 bits per heavy atom. The lowest BCUT2D eigenvalue weighted by Gasteiger charge is -2.07. The van der Waals surface area contributed by atoms with E-state index in [9.17, 15) is 4.39 Å². The van der Waals surface area contributed by atoms with E-state index in [-0.39, 0.29) is 11.9 Å². The molecular formula is C11H16FN. The molecule has 2 heteroatoms. The smallest absolute Gasteiger partial charge is 0.129 e. The minimum absolute atomic E-state index is 0.0804. The number of nitrogens with two attached hydrogens (primary N) is 1. The second-order valence-electron chi connectivity index (χ2n) is 3.56. The van der Waals surface area contributed by atoms with E-state index in [1.165, 1.54) is 0 Å². The monoisotopic (exact) mass is 181 g/mol. The summed E-state index contributed by atoms with van der Waals surface area (Å²) in [4.78, 5) is 0. The largest absolute Gasteiger partial charge is 0.328 e. The van der Waals surface area contributed by atoms with Crippen LogP contribution in [0, 0.1) is 12.7 Å². The molecule has 0 fully saturated rings. The fourth-order valence-electron chi connectivity index (χ4n) is 1.28. The zero-order valence-corrected chi connectivity index (χ0v) is 8.18. The third-order valence-corrected chi connectivity index (χ3v) is 2.14. The first-order chi connectivity index (χ1) is 6.11. The number of benzene rings is 1. The summed E-state index contributed by atoms with van der Waals surface area (Å²) in [5.74, 6) is -0.0804. The standard InChI is InChI=1S/C11H16FN/c1-8-4-3-5-10(11(8)12)7-6-9(2)13/h3-5,9H,6-7,13H2,1-2H3. The van der Waals surface area contributed by atoms with E-state index in [1.807, 2.05) is 19.1 Å². The normalized spacial score (nSPS) is 12.9. The molecule has 0 heterocycles. The van der Waals surface area contributed by atoms with E-state index in [4.69, 9.17) is 5.73 Å².